The molecule has 1 aliphatic rings. The molecule has 1 aromatic carbocycles. The first-order valence-electron chi connectivity index (χ1n) is 7.51. The highest BCUT2D eigenvalue weighted by atomic mass is 28.4. The van der Waals surface area contributed by atoms with Gasteiger partial charge in [-0.2, -0.15) is 0 Å². The molecule has 0 aromatic heterocycles. The van der Waals surface area contributed by atoms with Crippen LogP contribution < -0.4 is 15.4 Å². The van der Waals surface area contributed by atoms with Crippen LogP contribution in [0.1, 0.15) is 20.8 Å². The number of hydrogen-bond donors (Lipinski definition) is 1. The predicted molar refractivity (Wildman–Crippen MR) is 91.7 cm³/mol. The molecule has 0 saturated heterocycles. The lowest BCUT2D eigenvalue weighted by Crippen LogP contribution is -2.47. The summed E-state index contributed by atoms with van der Waals surface area (Å²) < 4.78 is 12.3. The summed E-state index contributed by atoms with van der Waals surface area (Å²) in [6.45, 7) is 12.8. The summed E-state index contributed by atoms with van der Waals surface area (Å²) in [5.41, 5.74) is 7.66. The number of likely N-dealkylation sites (N-methyl/N-ethyl adjacent to an activating group) is 1. The lowest BCUT2D eigenvalue weighted by molar-refractivity contribution is 0.118. The number of benzene rings is 1. The Kier molecular flexibility index (Phi) is 4.26. The monoisotopic (exact) mass is 308 g/mol. The normalized spacial score (nSPS) is 19.1. The molecule has 0 aliphatic carbocycles. The Morgan fingerprint density at radius 3 is 2.67 bits per heavy atom. The van der Waals surface area contributed by atoms with Gasteiger partial charge in [0, 0.05) is 12.7 Å². The fourth-order valence-corrected chi connectivity index (χ4v) is 3.19. The standard InChI is InChI=1S/C16H28N2O2Si/c1-16(2,3)21(5,6)19-11-13-10-18(4)14-9-12(17)7-8-15(14)20-13/h7-9,13H,10-11,17H2,1-6H3/t13-/m0/s1. The van der Waals surface area contributed by atoms with Gasteiger partial charge >= 0.3 is 0 Å². The summed E-state index contributed by atoms with van der Waals surface area (Å²) in [6, 6.07) is 5.78. The SMILES string of the molecule is CN1C[C@@H](CO[Si](C)(C)C(C)(C)C)Oc2ccc(N)cc21. The molecular weight excluding hydrogens is 280 g/mol. The molecule has 1 aliphatic heterocycles. The van der Waals surface area contributed by atoms with Gasteiger partial charge in [0.1, 0.15) is 11.9 Å². The molecule has 0 radical (unpaired) electrons. The molecule has 0 fully saturated rings. The number of nitrogen functional groups attached to an aromatic ring is 1. The summed E-state index contributed by atoms with van der Waals surface area (Å²) in [4.78, 5) is 2.19. The Bertz CT molecular complexity index is 511. The van der Waals surface area contributed by atoms with E-state index in [0.717, 1.165) is 23.7 Å². The van der Waals surface area contributed by atoms with Gasteiger partial charge in [0.2, 0.25) is 0 Å². The predicted octanol–water partition coefficient (Wildman–Crippen LogP) is 3.49. The molecule has 0 spiro atoms. The van der Waals surface area contributed by atoms with Crippen LogP contribution >= 0.6 is 0 Å². The van der Waals surface area contributed by atoms with E-state index in [9.17, 15) is 0 Å². The molecule has 0 saturated carbocycles. The largest absolute Gasteiger partial charge is 0.484 e. The van der Waals surface area contributed by atoms with Crippen molar-refractivity contribution < 1.29 is 9.16 Å². The van der Waals surface area contributed by atoms with Crippen LogP contribution in [0.5, 0.6) is 5.75 Å². The number of anilines is 2. The third kappa shape index (κ3) is 3.52. The van der Waals surface area contributed by atoms with Crippen molar-refractivity contribution in [3.05, 3.63) is 18.2 Å². The van der Waals surface area contributed by atoms with Crippen LogP contribution in [0.15, 0.2) is 18.2 Å². The molecule has 1 aromatic rings. The van der Waals surface area contributed by atoms with E-state index in [0.29, 0.717) is 6.61 Å². The molecule has 2 rings (SSSR count). The number of nitrogens with zero attached hydrogens (tertiary/aromatic N) is 1. The third-order valence-electron chi connectivity index (χ3n) is 4.60. The highest BCUT2D eigenvalue weighted by Gasteiger charge is 2.38. The summed E-state index contributed by atoms with van der Waals surface area (Å²) in [5, 5.41) is 0.222. The zero-order chi connectivity index (χ0) is 15.8. The minimum absolute atomic E-state index is 0.0697. The topological polar surface area (TPSA) is 47.7 Å². The zero-order valence-corrected chi connectivity index (χ0v) is 15.1. The molecule has 0 amide bonds. The van der Waals surface area contributed by atoms with E-state index in [2.05, 4.69) is 45.8 Å². The van der Waals surface area contributed by atoms with Gasteiger partial charge in [0.15, 0.2) is 8.32 Å². The van der Waals surface area contributed by atoms with E-state index in [-0.39, 0.29) is 11.1 Å². The molecular formula is C16H28N2O2Si. The van der Waals surface area contributed by atoms with Gasteiger partial charge in [0.25, 0.3) is 0 Å². The maximum atomic E-state index is 6.28. The van der Waals surface area contributed by atoms with Crippen molar-refractivity contribution in [1.29, 1.82) is 0 Å². The fraction of sp³-hybridized carbons (Fsp3) is 0.625. The van der Waals surface area contributed by atoms with Crippen LogP contribution in [0, 0.1) is 0 Å². The van der Waals surface area contributed by atoms with Crippen molar-refractivity contribution in [1.82, 2.24) is 0 Å². The van der Waals surface area contributed by atoms with E-state index in [1.54, 1.807) is 0 Å². The molecule has 21 heavy (non-hydrogen) atoms. The molecule has 4 nitrogen and oxygen atoms in total. The third-order valence-corrected chi connectivity index (χ3v) is 9.10. The number of hydrogen-bond acceptors (Lipinski definition) is 4. The van der Waals surface area contributed by atoms with Crippen LogP contribution in [0.4, 0.5) is 11.4 Å². The van der Waals surface area contributed by atoms with Gasteiger partial charge in [-0.1, -0.05) is 20.8 Å². The molecule has 0 unspecified atom stereocenters. The van der Waals surface area contributed by atoms with Crippen LogP contribution in [-0.4, -0.2) is 34.6 Å². The summed E-state index contributed by atoms with van der Waals surface area (Å²) >= 11 is 0. The number of rotatable bonds is 3. The highest BCUT2D eigenvalue weighted by molar-refractivity contribution is 6.74. The number of ether oxygens (including phenoxy) is 1. The van der Waals surface area contributed by atoms with Gasteiger partial charge in [0.05, 0.1) is 18.8 Å². The smallest absolute Gasteiger partial charge is 0.192 e. The van der Waals surface area contributed by atoms with E-state index in [1.165, 1.54) is 0 Å². The number of fused-ring (bicyclic) bond motifs is 1. The van der Waals surface area contributed by atoms with Crippen molar-refractivity contribution in [2.75, 3.05) is 30.8 Å². The van der Waals surface area contributed by atoms with E-state index in [4.69, 9.17) is 14.9 Å². The highest BCUT2D eigenvalue weighted by Crippen LogP contribution is 2.38. The van der Waals surface area contributed by atoms with Crippen molar-refractivity contribution >= 4 is 19.7 Å². The molecule has 2 N–H and O–H groups in total. The minimum atomic E-state index is -1.73. The van der Waals surface area contributed by atoms with Crippen LogP contribution in [0.25, 0.3) is 0 Å². The lowest BCUT2D eigenvalue weighted by Gasteiger charge is -2.39. The first-order chi connectivity index (χ1) is 9.60. The summed E-state index contributed by atoms with van der Waals surface area (Å²) in [5.74, 6) is 0.891. The first-order valence-corrected chi connectivity index (χ1v) is 10.4. The van der Waals surface area contributed by atoms with E-state index in [1.807, 2.05) is 18.2 Å². The molecule has 1 heterocycles. The van der Waals surface area contributed by atoms with Crippen molar-refractivity contribution in [2.24, 2.45) is 0 Å². The second-order valence-corrected chi connectivity index (χ2v) is 12.2. The maximum Gasteiger partial charge on any atom is 0.192 e. The van der Waals surface area contributed by atoms with Crippen molar-refractivity contribution in [2.45, 2.75) is 45.0 Å². The summed E-state index contributed by atoms with van der Waals surface area (Å²) in [7, 11) is 0.340. The van der Waals surface area contributed by atoms with Crippen LogP contribution in [0.3, 0.4) is 0 Å². The quantitative estimate of drug-likeness (QED) is 0.686. The van der Waals surface area contributed by atoms with Gasteiger partial charge < -0.3 is 19.8 Å². The van der Waals surface area contributed by atoms with Gasteiger partial charge in [-0.25, -0.2) is 0 Å². The van der Waals surface area contributed by atoms with Gasteiger partial charge in [-0.15, -0.1) is 0 Å². The zero-order valence-electron chi connectivity index (χ0n) is 14.1. The Balaban J connectivity index is 2.04. The molecule has 1 atom stereocenters. The Morgan fingerprint density at radius 2 is 2.05 bits per heavy atom. The average Bonchev–Trinajstić information content (AvgIpc) is 2.36. The van der Waals surface area contributed by atoms with E-state index < -0.39 is 8.32 Å². The second kappa shape index (κ2) is 5.53. The molecule has 118 valence electrons. The lowest BCUT2D eigenvalue weighted by atomic mass is 10.2. The first kappa shape index (κ1) is 16.2. The molecule has 0 bridgehead atoms. The average molecular weight is 308 g/mol. The Morgan fingerprint density at radius 1 is 1.38 bits per heavy atom. The Labute approximate surface area is 129 Å². The van der Waals surface area contributed by atoms with Crippen molar-refractivity contribution in [3.8, 4) is 5.75 Å². The maximum absolute atomic E-state index is 6.28. The van der Waals surface area contributed by atoms with E-state index >= 15 is 0 Å². The Hall–Kier alpha value is -1.20. The molecule has 5 heteroatoms. The fourth-order valence-electron chi connectivity index (χ4n) is 2.16. The van der Waals surface area contributed by atoms with Crippen LogP contribution in [0.2, 0.25) is 18.1 Å². The summed E-state index contributed by atoms with van der Waals surface area (Å²) in [6.07, 6.45) is 0.0697. The number of nitrogens with two attached hydrogens (primary N) is 1. The van der Waals surface area contributed by atoms with Gasteiger partial charge in [-0.3, -0.25) is 0 Å². The van der Waals surface area contributed by atoms with Gasteiger partial charge in [-0.05, 0) is 36.3 Å². The van der Waals surface area contributed by atoms with Crippen LogP contribution in [-0.2, 0) is 4.43 Å². The minimum Gasteiger partial charge on any atom is -0.484 e. The second-order valence-electron chi connectivity index (χ2n) is 7.42. The van der Waals surface area contributed by atoms with Crippen molar-refractivity contribution in [3.63, 3.8) is 0 Å².